The zero-order chi connectivity index (χ0) is 15.5. The van der Waals surface area contributed by atoms with Crippen molar-refractivity contribution in [2.75, 3.05) is 13.2 Å². The van der Waals surface area contributed by atoms with Gasteiger partial charge in [0.1, 0.15) is 0 Å². The molecule has 21 heavy (non-hydrogen) atoms. The monoisotopic (exact) mass is 313 g/mol. The minimum absolute atomic E-state index is 0.211. The SMILES string of the molecule is CCCc1ccc(S(=O)(=O)NCC2COC(C)(C)O2)cc1. The third-order valence-electron chi connectivity index (χ3n) is 3.34. The van der Waals surface area contributed by atoms with Crippen LogP contribution in [0.3, 0.4) is 0 Å². The van der Waals surface area contributed by atoms with Crippen molar-refractivity contribution >= 4 is 10.0 Å². The lowest BCUT2D eigenvalue weighted by molar-refractivity contribution is -0.137. The van der Waals surface area contributed by atoms with Gasteiger partial charge < -0.3 is 9.47 Å². The van der Waals surface area contributed by atoms with Gasteiger partial charge in [-0.25, -0.2) is 13.1 Å². The Bertz CT molecular complexity index is 566. The molecule has 0 bridgehead atoms. The first-order chi connectivity index (χ1) is 9.82. The average Bonchev–Trinajstić information content (AvgIpc) is 2.77. The van der Waals surface area contributed by atoms with Gasteiger partial charge in [-0.1, -0.05) is 25.5 Å². The summed E-state index contributed by atoms with van der Waals surface area (Å²) < 4.78 is 38.0. The third-order valence-corrected chi connectivity index (χ3v) is 4.78. The predicted molar refractivity (Wildman–Crippen MR) is 80.5 cm³/mol. The summed E-state index contributed by atoms with van der Waals surface area (Å²) in [7, 11) is -3.50. The molecule has 1 fully saturated rings. The molecule has 0 amide bonds. The molecule has 1 aromatic carbocycles. The number of rotatable bonds is 6. The summed E-state index contributed by atoms with van der Waals surface area (Å²) in [5.41, 5.74) is 1.14. The Kier molecular flexibility index (Phi) is 5.03. The van der Waals surface area contributed by atoms with E-state index in [1.54, 1.807) is 12.1 Å². The van der Waals surface area contributed by atoms with E-state index in [9.17, 15) is 8.42 Å². The fourth-order valence-corrected chi connectivity index (χ4v) is 3.34. The maximum Gasteiger partial charge on any atom is 0.240 e. The molecule has 0 radical (unpaired) electrons. The Morgan fingerprint density at radius 1 is 1.29 bits per heavy atom. The second-order valence-electron chi connectivity index (χ2n) is 5.70. The fraction of sp³-hybridized carbons (Fsp3) is 0.600. The smallest absolute Gasteiger partial charge is 0.240 e. The van der Waals surface area contributed by atoms with Gasteiger partial charge in [-0.2, -0.15) is 0 Å². The van der Waals surface area contributed by atoms with Crippen LogP contribution in [0.15, 0.2) is 29.2 Å². The summed E-state index contributed by atoms with van der Waals surface area (Å²) in [5, 5.41) is 0. The van der Waals surface area contributed by atoms with E-state index in [1.165, 1.54) is 0 Å². The molecule has 1 aliphatic rings. The summed E-state index contributed by atoms with van der Waals surface area (Å²) in [6, 6.07) is 7.00. The number of aryl methyl sites for hydroxylation is 1. The van der Waals surface area contributed by atoms with Crippen LogP contribution in [0.25, 0.3) is 0 Å². The normalized spacial score (nSPS) is 21.6. The molecule has 1 saturated heterocycles. The van der Waals surface area contributed by atoms with E-state index in [1.807, 2.05) is 26.0 Å². The second kappa shape index (κ2) is 6.44. The Morgan fingerprint density at radius 2 is 1.95 bits per heavy atom. The van der Waals surface area contributed by atoms with Crippen molar-refractivity contribution in [3.8, 4) is 0 Å². The first-order valence-corrected chi connectivity index (χ1v) is 8.71. The summed E-state index contributed by atoms with van der Waals surface area (Å²) in [4.78, 5) is 0.278. The van der Waals surface area contributed by atoms with Crippen LogP contribution in [0, 0.1) is 0 Å². The van der Waals surface area contributed by atoms with Crippen LogP contribution in [0.5, 0.6) is 0 Å². The Morgan fingerprint density at radius 3 is 2.48 bits per heavy atom. The van der Waals surface area contributed by atoms with E-state index >= 15 is 0 Å². The van der Waals surface area contributed by atoms with Crippen molar-refractivity contribution in [2.45, 2.75) is 50.4 Å². The quantitative estimate of drug-likeness (QED) is 0.873. The molecule has 6 heteroatoms. The van der Waals surface area contributed by atoms with Crippen LogP contribution in [0.4, 0.5) is 0 Å². The van der Waals surface area contributed by atoms with Crippen LogP contribution in [-0.4, -0.2) is 33.5 Å². The van der Waals surface area contributed by atoms with Crippen molar-refractivity contribution in [3.05, 3.63) is 29.8 Å². The lowest BCUT2D eigenvalue weighted by Crippen LogP contribution is -2.34. The molecule has 1 atom stereocenters. The average molecular weight is 313 g/mol. The molecule has 5 nitrogen and oxygen atoms in total. The van der Waals surface area contributed by atoms with Crippen molar-refractivity contribution in [2.24, 2.45) is 0 Å². The van der Waals surface area contributed by atoms with Crippen LogP contribution >= 0.6 is 0 Å². The number of nitrogens with one attached hydrogen (secondary N) is 1. The van der Waals surface area contributed by atoms with Gasteiger partial charge in [-0.05, 0) is 38.0 Å². The van der Waals surface area contributed by atoms with E-state index in [0.29, 0.717) is 6.61 Å². The van der Waals surface area contributed by atoms with E-state index < -0.39 is 15.8 Å². The van der Waals surface area contributed by atoms with E-state index in [0.717, 1.165) is 18.4 Å². The molecule has 1 heterocycles. The first-order valence-electron chi connectivity index (χ1n) is 7.23. The minimum atomic E-state index is -3.50. The van der Waals surface area contributed by atoms with E-state index in [2.05, 4.69) is 11.6 Å². The van der Waals surface area contributed by atoms with Gasteiger partial charge >= 0.3 is 0 Å². The lowest BCUT2D eigenvalue weighted by atomic mass is 10.1. The van der Waals surface area contributed by atoms with Gasteiger partial charge in [-0.3, -0.25) is 0 Å². The Balaban J connectivity index is 1.95. The maximum absolute atomic E-state index is 12.2. The largest absolute Gasteiger partial charge is 0.348 e. The minimum Gasteiger partial charge on any atom is -0.348 e. The van der Waals surface area contributed by atoms with Gasteiger partial charge in [0, 0.05) is 6.54 Å². The Hall–Kier alpha value is -0.950. The predicted octanol–water partition coefficient (Wildman–Crippen LogP) is 2.07. The van der Waals surface area contributed by atoms with Crippen LogP contribution in [0.2, 0.25) is 0 Å². The molecule has 1 unspecified atom stereocenters. The topological polar surface area (TPSA) is 64.6 Å². The number of ether oxygens (including phenoxy) is 2. The molecular weight excluding hydrogens is 290 g/mol. The standard InChI is InChI=1S/C15H23NO4S/c1-4-5-12-6-8-14(9-7-12)21(17,18)16-10-13-11-19-15(2,3)20-13/h6-9,13,16H,4-5,10-11H2,1-3H3. The molecular formula is C15H23NO4S. The number of sulfonamides is 1. The molecule has 2 rings (SSSR count). The van der Waals surface area contributed by atoms with E-state index in [4.69, 9.17) is 9.47 Å². The van der Waals surface area contributed by atoms with Crippen molar-refractivity contribution in [1.29, 1.82) is 0 Å². The first kappa shape index (κ1) is 16.4. The second-order valence-corrected chi connectivity index (χ2v) is 7.46. The van der Waals surface area contributed by atoms with Crippen molar-refractivity contribution in [1.82, 2.24) is 4.72 Å². The highest BCUT2D eigenvalue weighted by Crippen LogP contribution is 2.22. The highest BCUT2D eigenvalue weighted by atomic mass is 32.2. The zero-order valence-corrected chi connectivity index (χ0v) is 13.6. The molecule has 1 N–H and O–H groups in total. The zero-order valence-electron chi connectivity index (χ0n) is 12.8. The van der Waals surface area contributed by atoms with Crippen LogP contribution in [0.1, 0.15) is 32.8 Å². The molecule has 0 saturated carbocycles. The third kappa shape index (κ3) is 4.51. The van der Waals surface area contributed by atoms with Crippen LogP contribution < -0.4 is 4.72 Å². The number of benzene rings is 1. The molecule has 0 spiro atoms. The van der Waals surface area contributed by atoms with Gasteiger partial charge in [0.05, 0.1) is 17.6 Å². The van der Waals surface area contributed by atoms with Gasteiger partial charge in [0.2, 0.25) is 10.0 Å². The van der Waals surface area contributed by atoms with Crippen molar-refractivity contribution in [3.63, 3.8) is 0 Å². The van der Waals surface area contributed by atoms with Crippen LogP contribution in [-0.2, 0) is 25.9 Å². The molecule has 118 valence electrons. The highest BCUT2D eigenvalue weighted by Gasteiger charge is 2.33. The van der Waals surface area contributed by atoms with Gasteiger partial charge in [-0.15, -0.1) is 0 Å². The molecule has 0 aromatic heterocycles. The summed E-state index contributed by atoms with van der Waals surface area (Å²) in [6.45, 7) is 6.33. The molecule has 0 aliphatic carbocycles. The molecule has 1 aromatic rings. The van der Waals surface area contributed by atoms with Crippen molar-refractivity contribution < 1.29 is 17.9 Å². The van der Waals surface area contributed by atoms with Gasteiger partial charge in [0.15, 0.2) is 5.79 Å². The highest BCUT2D eigenvalue weighted by molar-refractivity contribution is 7.89. The van der Waals surface area contributed by atoms with E-state index in [-0.39, 0.29) is 17.5 Å². The lowest BCUT2D eigenvalue weighted by Gasteiger charge is -2.17. The summed E-state index contributed by atoms with van der Waals surface area (Å²) in [5.74, 6) is -0.641. The maximum atomic E-state index is 12.2. The fourth-order valence-electron chi connectivity index (χ4n) is 2.27. The number of hydrogen-bond acceptors (Lipinski definition) is 4. The summed E-state index contributed by atoms with van der Waals surface area (Å²) >= 11 is 0. The molecule has 1 aliphatic heterocycles. The summed E-state index contributed by atoms with van der Waals surface area (Å²) in [6.07, 6.45) is 1.74. The Labute approximate surface area is 126 Å². The van der Waals surface area contributed by atoms with Gasteiger partial charge in [0.25, 0.3) is 0 Å². The number of hydrogen-bond donors (Lipinski definition) is 1.